The zero-order valence-electron chi connectivity index (χ0n) is 12.9. The second-order valence-electron chi connectivity index (χ2n) is 5.62. The van der Waals surface area contributed by atoms with Gasteiger partial charge >= 0.3 is 0 Å². The van der Waals surface area contributed by atoms with E-state index in [1.807, 2.05) is 12.3 Å². The molecule has 0 aromatic carbocycles. The Morgan fingerprint density at radius 3 is 3.00 bits per heavy atom. The van der Waals surface area contributed by atoms with E-state index in [1.165, 1.54) is 44.9 Å². The first-order valence-corrected chi connectivity index (χ1v) is 8.18. The van der Waals surface area contributed by atoms with E-state index in [1.54, 1.807) is 0 Å². The fourth-order valence-electron chi connectivity index (χ4n) is 2.90. The van der Waals surface area contributed by atoms with Crippen LogP contribution in [0.3, 0.4) is 0 Å². The van der Waals surface area contributed by atoms with Gasteiger partial charge < -0.3 is 10.2 Å². The normalized spacial score (nSPS) is 19.1. The Morgan fingerprint density at radius 2 is 2.20 bits per heavy atom. The zero-order chi connectivity index (χ0) is 14.2. The van der Waals surface area contributed by atoms with E-state index in [0.717, 1.165) is 24.9 Å². The van der Waals surface area contributed by atoms with Gasteiger partial charge in [0.25, 0.3) is 0 Å². The Labute approximate surface area is 123 Å². The van der Waals surface area contributed by atoms with Gasteiger partial charge in [-0.25, -0.2) is 4.98 Å². The highest BCUT2D eigenvalue weighted by Crippen LogP contribution is 2.25. The highest BCUT2D eigenvalue weighted by Gasteiger charge is 2.22. The fraction of sp³-hybridized carbons (Fsp3) is 0.750. The maximum Gasteiger partial charge on any atom is 0.224 e. The summed E-state index contributed by atoms with van der Waals surface area (Å²) in [7, 11) is 0. The van der Waals surface area contributed by atoms with Crippen molar-refractivity contribution >= 4 is 11.8 Å². The molecule has 1 N–H and O–H groups in total. The molecular formula is C16H28N4. The van der Waals surface area contributed by atoms with E-state index in [4.69, 9.17) is 4.98 Å². The third-order valence-electron chi connectivity index (χ3n) is 4.10. The van der Waals surface area contributed by atoms with Gasteiger partial charge in [-0.1, -0.05) is 26.7 Å². The molecule has 4 nitrogen and oxygen atoms in total. The average Bonchev–Trinajstić information content (AvgIpc) is 2.52. The number of unbranched alkanes of at least 4 members (excludes halogenated alkanes) is 2. The van der Waals surface area contributed by atoms with Gasteiger partial charge in [-0.05, 0) is 38.2 Å². The van der Waals surface area contributed by atoms with Gasteiger partial charge in [0.05, 0.1) is 0 Å². The largest absolute Gasteiger partial charge is 0.354 e. The van der Waals surface area contributed by atoms with Gasteiger partial charge in [0, 0.05) is 25.3 Å². The van der Waals surface area contributed by atoms with Crippen LogP contribution in [0.15, 0.2) is 12.3 Å². The molecule has 1 saturated heterocycles. The minimum absolute atomic E-state index is 0.645. The lowest BCUT2D eigenvalue weighted by molar-refractivity contribution is 0.447. The summed E-state index contributed by atoms with van der Waals surface area (Å²) in [5.41, 5.74) is 0. The average molecular weight is 276 g/mol. The molecule has 112 valence electrons. The SMILES string of the molecule is CCCCCNc1nccc(N2CCCCC2CC)n1. The Balaban J connectivity index is 1.97. The molecule has 2 rings (SSSR count). The molecule has 0 bridgehead atoms. The summed E-state index contributed by atoms with van der Waals surface area (Å²) < 4.78 is 0. The van der Waals surface area contributed by atoms with Crippen LogP contribution in [0.4, 0.5) is 11.8 Å². The van der Waals surface area contributed by atoms with Crippen LogP contribution >= 0.6 is 0 Å². The highest BCUT2D eigenvalue weighted by molar-refractivity contribution is 5.43. The smallest absolute Gasteiger partial charge is 0.224 e. The van der Waals surface area contributed by atoms with Crippen LogP contribution < -0.4 is 10.2 Å². The number of aromatic nitrogens is 2. The summed E-state index contributed by atoms with van der Waals surface area (Å²) in [5.74, 6) is 1.86. The number of hydrogen-bond donors (Lipinski definition) is 1. The monoisotopic (exact) mass is 276 g/mol. The van der Waals surface area contributed by atoms with Crippen molar-refractivity contribution < 1.29 is 0 Å². The standard InChI is InChI=1S/C16H28N4/c1-3-5-7-11-17-16-18-12-10-15(19-16)20-13-8-6-9-14(20)4-2/h10,12,14H,3-9,11,13H2,1-2H3,(H,17,18,19). The number of anilines is 2. The summed E-state index contributed by atoms with van der Waals surface area (Å²) in [6, 6.07) is 2.69. The van der Waals surface area contributed by atoms with Crippen molar-refractivity contribution in [1.82, 2.24) is 9.97 Å². The first-order chi connectivity index (χ1) is 9.85. The number of nitrogens with zero attached hydrogens (tertiary/aromatic N) is 3. The predicted octanol–water partition coefficient (Wildman–Crippen LogP) is 3.85. The van der Waals surface area contributed by atoms with Gasteiger partial charge in [-0.15, -0.1) is 0 Å². The highest BCUT2D eigenvalue weighted by atomic mass is 15.2. The molecule has 2 heterocycles. The third kappa shape index (κ3) is 4.09. The first kappa shape index (κ1) is 15.1. The summed E-state index contributed by atoms with van der Waals surface area (Å²) in [6.07, 6.45) is 10.7. The lowest BCUT2D eigenvalue weighted by Crippen LogP contribution is -2.39. The van der Waals surface area contributed by atoms with Crippen LogP contribution in [0.2, 0.25) is 0 Å². The molecule has 1 aliphatic rings. The summed E-state index contributed by atoms with van der Waals surface area (Å²) >= 11 is 0. The van der Waals surface area contributed by atoms with Crippen molar-refractivity contribution in [1.29, 1.82) is 0 Å². The van der Waals surface area contributed by atoms with Crippen molar-refractivity contribution in [3.05, 3.63) is 12.3 Å². The molecule has 0 spiro atoms. The summed E-state index contributed by atoms with van der Waals surface area (Å²) in [6.45, 7) is 6.59. The molecule has 20 heavy (non-hydrogen) atoms. The van der Waals surface area contributed by atoms with E-state index < -0.39 is 0 Å². The Kier molecular flexibility index (Phi) is 6.09. The van der Waals surface area contributed by atoms with Crippen molar-refractivity contribution in [3.63, 3.8) is 0 Å². The molecule has 0 saturated carbocycles. The van der Waals surface area contributed by atoms with Crippen LogP contribution in [-0.2, 0) is 0 Å². The Bertz CT molecular complexity index is 394. The molecule has 0 radical (unpaired) electrons. The number of piperidine rings is 1. The van der Waals surface area contributed by atoms with Crippen LogP contribution in [-0.4, -0.2) is 29.1 Å². The molecule has 0 aliphatic carbocycles. The number of hydrogen-bond acceptors (Lipinski definition) is 4. The minimum Gasteiger partial charge on any atom is -0.354 e. The number of nitrogens with one attached hydrogen (secondary N) is 1. The molecular weight excluding hydrogens is 248 g/mol. The molecule has 1 atom stereocenters. The van der Waals surface area contributed by atoms with Crippen molar-refractivity contribution in [2.24, 2.45) is 0 Å². The maximum atomic E-state index is 4.70. The van der Waals surface area contributed by atoms with Crippen LogP contribution in [0, 0.1) is 0 Å². The summed E-state index contributed by atoms with van der Waals surface area (Å²) in [5, 5.41) is 3.34. The first-order valence-electron chi connectivity index (χ1n) is 8.18. The molecule has 1 fully saturated rings. The van der Waals surface area contributed by atoms with Gasteiger partial charge in [-0.3, -0.25) is 0 Å². The number of rotatable bonds is 7. The van der Waals surface area contributed by atoms with E-state index in [2.05, 4.69) is 29.0 Å². The van der Waals surface area contributed by atoms with Gasteiger partial charge in [-0.2, -0.15) is 4.98 Å². The summed E-state index contributed by atoms with van der Waals surface area (Å²) in [4.78, 5) is 11.5. The molecule has 1 aromatic rings. The Morgan fingerprint density at radius 1 is 1.30 bits per heavy atom. The predicted molar refractivity (Wildman–Crippen MR) is 85.3 cm³/mol. The van der Waals surface area contributed by atoms with E-state index >= 15 is 0 Å². The van der Waals surface area contributed by atoms with E-state index in [0.29, 0.717) is 6.04 Å². The topological polar surface area (TPSA) is 41.1 Å². The molecule has 4 heteroatoms. The molecule has 0 amide bonds. The van der Waals surface area contributed by atoms with Crippen molar-refractivity contribution in [2.75, 3.05) is 23.3 Å². The molecule has 1 aromatic heterocycles. The molecule has 1 unspecified atom stereocenters. The van der Waals surface area contributed by atoms with Gasteiger partial charge in [0.2, 0.25) is 5.95 Å². The molecule has 1 aliphatic heterocycles. The second kappa shape index (κ2) is 8.08. The van der Waals surface area contributed by atoms with Crippen molar-refractivity contribution in [2.45, 2.75) is 64.8 Å². The van der Waals surface area contributed by atoms with Crippen LogP contribution in [0.1, 0.15) is 58.8 Å². The lowest BCUT2D eigenvalue weighted by Gasteiger charge is -2.36. The quantitative estimate of drug-likeness (QED) is 0.768. The van der Waals surface area contributed by atoms with Gasteiger partial charge in [0.1, 0.15) is 5.82 Å². The van der Waals surface area contributed by atoms with Gasteiger partial charge in [0.15, 0.2) is 0 Å². The van der Waals surface area contributed by atoms with E-state index in [9.17, 15) is 0 Å². The van der Waals surface area contributed by atoms with Crippen LogP contribution in [0.5, 0.6) is 0 Å². The lowest BCUT2D eigenvalue weighted by atomic mass is 10.0. The third-order valence-corrected chi connectivity index (χ3v) is 4.10. The zero-order valence-corrected chi connectivity index (χ0v) is 12.9. The van der Waals surface area contributed by atoms with Crippen molar-refractivity contribution in [3.8, 4) is 0 Å². The second-order valence-corrected chi connectivity index (χ2v) is 5.62. The fourth-order valence-corrected chi connectivity index (χ4v) is 2.90. The van der Waals surface area contributed by atoms with E-state index in [-0.39, 0.29) is 0 Å². The maximum absolute atomic E-state index is 4.70. The Hall–Kier alpha value is -1.32. The van der Waals surface area contributed by atoms with Crippen LogP contribution in [0.25, 0.3) is 0 Å². The minimum atomic E-state index is 0.645.